The Hall–Kier alpha value is -2.49. The van der Waals surface area contributed by atoms with Crippen molar-refractivity contribution < 1.29 is 9.53 Å². The van der Waals surface area contributed by atoms with Crippen LogP contribution in [0.25, 0.3) is 0 Å². The molecular weight excluding hydrogens is 252 g/mol. The van der Waals surface area contributed by atoms with Crippen LogP contribution in [0.1, 0.15) is 21.5 Å². The molecule has 0 aromatic heterocycles. The number of hydrogen-bond acceptors (Lipinski definition) is 4. The Morgan fingerprint density at radius 1 is 1.15 bits per heavy atom. The Morgan fingerprint density at radius 3 is 2.40 bits per heavy atom. The maximum absolute atomic E-state index is 11.9. The van der Waals surface area contributed by atoms with Gasteiger partial charge in [-0.3, -0.25) is 0 Å². The predicted molar refractivity (Wildman–Crippen MR) is 78.5 cm³/mol. The lowest BCUT2D eigenvalue weighted by molar-refractivity contribution is 0.0601. The summed E-state index contributed by atoms with van der Waals surface area (Å²) < 4.78 is 4.85. The summed E-state index contributed by atoms with van der Waals surface area (Å²) in [5, 5.41) is 0. The molecular formula is C16H16N2O2. The van der Waals surface area contributed by atoms with E-state index in [0.717, 1.165) is 18.8 Å². The van der Waals surface area contributed by atoms with Crippen LogP contribution in [0, 0.1) is 0 Å². The van der Waals surface area contributed by atoms with E-state index in [-0.39, 0.29) is 5.97 Å². The summed E-state index contributed by atoms with van der Waals surface area (Å²) in [4.78, 5) is 14.1. The largest absolute Gasteiger partial charge is 0.465 e. The molecule has 0 bridgehead atoms. The molecule has 0 unspecified atom stereocenters. The van der Waals surface area contributed by atoms with Crippen LogP contribution in [0.15, 0.2) is 42.5 Å². The Labute approximate surface area is 117 Å². The van der Waals surface area contributed by atoms with Crippen molar-refractivity contribution in [2.45, 2.75) is 13.1 Å². The van der Waals surface area contributed by atoms with Gasteiger partial charge >= 0.3 is 5.97 Å². The fourth-order valence-electron chi connectivity index (χ4n) is 2.61. The zero-order valence-electron chi connectivity index (χ0n) is 11.3. The minimum atomic E-state index is -0.358. The molecule has 0 saturated heterocycles. The first-order valence-corrected chi connectivity index (χ1v) is 6.48. The third-order valence-electron chi connectivity index (χ3n) is 3.61. The number of esters is 1. The van der Waals surface area contributed by atoms with Crippen LogP contribution >= 0.6 is 0 Å². The van der Waals surface area contributed by atoms with Crippen LogP contribution < -0.4 is 10.6 Å². The number of ether oxygens (including phenoxy) is 1. The highest BCUT2D eigenvalue weighted by Crippen LogP contribution is 2.31. The summed E-state index contributed by atoms with van der Waals surface area (Å²) in [5.41, 5.74) is 10.3. The molecule has 3 rings (SSSR count). The molecule has 0 atom stereocenters. The van der Waals surface area contributed by atoms with Crippen LogP contribution in [-0.4, -0.2) is 13.1 Å². The highest BCUT2D eigenvalue weighted by Gasteiger charge is 2.23. The van der Waals surface area contributed by atoms with Gasteiger partial charge in [0.05, 0.1) is 18.4 Å². The van der Waals surface area contributed by atoms with Crippen molar-refractivity contribution >= 4 is 17.3 Å². The summed E-state index contributed by atoms with van der Waals surface area (Å²) in [6.45, 7) is 1.59. The third kappa shape index (κ3) is 2.09. The van der Waals surface area contributed by atoms with Crippen molar-refractivity contribution in [1.29, 1.82) is 0 Å². The molecule has 1 aliphatic heterocycles. The smallest absolute Gasteiger partial charge is 0.340 e. The van der Waals surface area contributed by atoms with Gasteiger partial charge < -0.3 is 15.4 Å². The molecule has 2 aromatic rings. The Balaban J connectivity index is 1.98. The topological polar surface area (TPSA) is 55.6 Å². The molecule has 102 valence electrons. The highest BCUT2D eigenvalue weighted by molar-refractivity contribution is 5.97. The number of methoxy groups -OCH3 is 1. The van der Waals surface area contributed by atoms with Gasteiger partial charge in [-0.25, -0.2) is 4.79 Å². The second-order valence-corrected chi connectivity index (χ2v) is 4.89. The quantitative estimate of drug-likeness (QED) is 0.672. The van der Waals surface area contributed by atoms with Crippen LogP contribution in [-0.2, 0) is 17.8 Å². The first-order chi connectivity index (χ1) is 9.69. The van der Waals surface area contributed by atoms with Gasteiger partial charge in [-0.05, 0) is 29.3 Å². The van der Waals surface area contributed by atoms with E-state index in [1.807, 2.05) is 24.3 Å². The minimum Gasteiger partial charge on any atom is -0.465 e. The Bertz CT molecular complexity index is 642. The number of anilines is 2. The van der Waals surface area contributed by atoms with Crippen LogP contribution in [0.5, 0.6) is 0 Å². The maximum atomic E-state index is 11.9. The normalized spacial score (nSPS) is 13.2. The Kier molecular flexibility index (Phi) is 3.06. The summed E-state index contributed by atoms with van der Waals surface area (Å²) in [6.07, 6.45) is 0. The first-order valence-electron chi connectivity index (χ1n) is 6.48. The molecule has 0 amide bonds. The van der Waals surface area contributed by atoms with Gasteiger partial charge in [0, 0.05) is 18.8 Å². The first kappa shape index (κ1) is 12.5. The maximum Gasteiger partial charge on any atom is 0.340 e. The fraction of sp³-hybridized carbons (Fsp3) is 0.188. The van der Waals surface area contributed by atoms with Crippen molar-refractivity contribution in [1.82, 2.24) is 0 Å². The van der Waals surface area contributed by atoms with E-state index in [1.165, 1.54) is 18.2 Å². The van der Waals surface area contributed by atoms with E-state index in [9.17, 15) is 4.79 Å². The van der Waals surface area contributed by atoms with Crippen LogP contribution in [0.2, 0.25) is 0 Å². The van der Waals surface area contributed by atoms with E-state index in [2.05, 4.69) is 17.0 Å². The van der Waals surface area contributed by atoms with Crippen LogP contribution in [0.3, 0.4) is 0 Å². The number of rotatable bonds is 2. The van der Waals surface area contributed by atoms with Crippen LogP contribution in [0.4, 0.5) is 11.4 Å². The molecule has 20 heavy (non-hydrogen) atoms. The SMILES string of the molecule is COC(=O)c1cc(N)ccc1N1Cc2ccccc2C1. The number of nitrogen functional groups attached to an aromatic ring is 1. The monoisotopic (exact) mass is 268 g/mol. The van der Waals surface area contributed by atoms with E-state index in [1.54, 1.807) is 6.07 Å². The molecule has 0 radical (unpaired) electrons. The number of benzene rings is 2. The van der Waals surface area contributed by atoms with E-state index in [0.29, 0.717) is 11.3 Å². The minimum absolute atomic E-state index is 0.358. The zero-order valence-corrected chi connectivity index (χ0v) is 11.3. The van der Waals surface area contributed by atoms with Crippen molar-refractivity contribution in [2.75, 3.05) is 17.7 Å². The van der Waals surface area contributed by atoms with E-state index >= 15 is 0 Å². The van der Waals surface area contributed by atoms with Gasteiger partial charge in [0.25, 0.3) is 0 Å². The standard InChI is InChI=1S/C16H16N2O2/c1-20-16(19)14-8-13(17)6-7-15(14)18-9-11-4-2-3-5-12(11)10-18/h2-8H,9-10,17H2,1H3. The zero-order chi connectivity index (χ0) is 14.1. The lowest BCUT2D eigenvalue weighted by Gasteiger charge is -2.20. The van der Waals surface area contributed by atoms with Gasteiger partial charge in [0.2, 0.25) is 0 Å². The molecule has 1 aliphatic rings. The summed E-state index contributed by atoms with van der Waals surface area (Å²) in [5.74, 6) is -0.358. The van der Waals surface area contributed by atoms with E-state index in [4.69, 9.17) is 10.5 Å². The molecule has 0 aliphatic carbocycles. The lowest BCUT2D eigenvalue weighted by atomic mass is 10.1. The lowest BCUT2D eigenvalue weighted by Crippen LogP contribution is -2.18. The average Bonchev–Trinajstić information content (AvgIpc) is 2.90. The molecule has 4 heteroatoms. The van der Waals surface area contributed by atoms with Crippen molar-refractivity contribution in [3.05, 3.63) is 59.2 Å². The number of carbonyl (C=O) groups is 1. The van der Waals surface area contributed by atoms with Crippen molar-refractivity contribution in [3.63, 3.8) is 0 Å². The highest BCUT2D eigenvalue weighted by atomic mass is 16.5. The average molecular weight is 268 g/mol. The molecule has 2 N–H and O–H groups in total. The molecule has 4 nitrogen and oxygen atoms in total. The van der Waals surface area contributed by atoms with Crippen molar-refractivity contribution in [3.8, 4) is 0 Å². The van der Waals surface area contributed by atoms with E-state index < -0.39 is 0 Å². The summed E-state index contributed by atoms with van der Waals surface area (Å²) >= 11 is 0. The molecule has 1 heterocycles. The fourth-order valence-corrected chi connectivity index (χ4v) is 2.61. The van der Waals surface area contributed by atoms with Gasteiger partial charge in [0.1, 0.15) is 0 Å². The van der Waals surface area contributed by atoms with Gasteiger partial charge in [0.15, 0.2) is 0 Å². The number of carbonyl (C=O) groups excluding carboxylic acids is 1. The Morgan fingerprint density at radius 2 is 1.80 bits per heavy atom. The second-order valence-electron chi connectivity index (χ2n) is 4.89. The number of nitrogens with two attached hydrogens (primary N) is 1. The van der Waals surface area contributed by atoms with Gasteiger partial charge in [-0.1, -0.05) is 24.3 Å². The summed E-state index contributed by atoms with van der Waals surface area (Å²) in [7, 11) is 1.38. The van der Waals surface area contributed by atoms with Gasteiger partial charge in [-0.15, -0.1) is 0 Å². The second kappa shape index (κ2) is 4.89. The predicted octanol–water partition coefficient (Wildman–Crippen LogP) is 2.58. The summed E-state index contributed by atoms with van der Waals surface area (Å²) in [6, 6.07) is 13.7. The number of nitrogens with zero attached hydrogens (tertiary/aromatic N) is 1. The molecule has 0 fully saturated rings. The molecule has 2 aromatic carbocycles. The third-order valence-corrected chi connectivity index (χ3v) is 3.61. The number of fused-ring (bicyclic) bond motifs is 1. The number of hydrogen-bond donors (Lipinski definition) is 1. The van der Waals surface area contributed by atoms with Crippen molar-refractivity contribution in [2.24, 2.45) is 0 Å². The molecule has 0 spiro atoms. The van der Waals surface area contributed by atoms with Gasteiger partial charge in [-0.2, -0.15) is 0 Å². The molecule has 0 saturated carbocycles.